The van der Waals surface area contributed by atoms with Crippen molar-refractivity contribution in [3.8, 4) is 0 Å². The van der Waals surface area contributed by atoms with Crippen LogP contribution in [0.4, 0.5) is 0 Å². The minimum Gasteiger partial charge on any atom is -0.390 e. The van der Waals surface area contributed by atoms with Gasteiger partial charge in [0.2, 0.25) is 0 Å². The summed E-state index contributed by atoms with van der Waals surface area (Å²) in [6.07, 6.45) is 3.61. The van der Waals surface area contributed by atoms with Crippen LogP contribution in [0.2, 0.25) is 0 Å². The first kappa shape index (κ1) is 9.84. The summed E-state index contributed by atoms with van der Waals surface area (Å²) in [4.78, 5) is 11.2. The van der Waals surface area contributed by atoms with Gasteiger partial charge in [-0.1, -0.05) is 24.3 Å². The van der Waals surface area contributed by atoms with Crippen LogP contribution in [0.25, 0.3) is 10.9 Å². The van der Waals surface area contributed by atoms with Crippen molar-refractivity contribution in [1.29, 1.82) is 0 Å². The maximum absolute atomic E-state index is 5.52. The lowest BCUT2D eigenvalue weighted by Gasteiger charge is -2.03. The van der Waals surface area contributed by atoms with Gasteiger partial charge in [-0.15, -0.1) is 9.94 Å². The van der Waals surface area contributed by atoms with Gasteiger partial charge in [-0.25, -0.2) is 0 Å². The fourth-order valence-corrected chi connectivity index (χ4v) is 1.62. The minimum absolute atomic E-state index is 0.412. The highest BCUT2D eigenvalue weighted by Gasteiger charge is 2.00. The van der Waals surface area contributed by atoms with E-state index in [4.69, 9.17) is 4.84 Å². The molecule has 0 N–H and O–H groups in total. The van der Waals surface area contributed by atoms with Gasteiger partial charge < -0.3 is 4.84 Å². The molecule has 0 radical (unpaired) electrons. The smallest absolute Gasteiger partial charge is 0.159 e. The molecule has 84 valence electrons. The van der Waals surface area contributed by atoms with Crippen molar-refractivity contribution < 1.29 is 4.84 Å². The van der Waals surface area contributed by atoms with Crippen molar-refractivity contribution >= 4 is 10.9 Å². The number of aromatic nitrogens is 3. The lowest BCUT2D eigenvalue weighted by atomic mass is 10.3. The fraction of sp³-hybridized carbons (Fsp3) is 0.0769. The first-order chi connectivity index (χ1) is 8.42. The van der Waals surface area contributed by atoms with Crippen LogP contribution in [0.5, 0.6) is 0 Å². The molecule has 4 nitrogen and oxygen atoms in total. The topological polar surface area (TPSA) is 39.9 Å². The molecule has 2 aromatic heterocycles. The van der Waals surface area contributed by atoms with Crippen molar-refractivity contribution in [1.82, 2.24) is 14.9 Å². The fourth-order valence-electron chi connectivity index (χ4n) is 1.62. The molecule has 0 saturated carbocycles. The Morgan fingerprint density at radius 2 is 1.94 bits per heavy atom. The molecule has 1 aromatic carbocycles. The van der Waals surface area contributed by atoms with Gasteiger partial charge >= 0.3 is 0 Å². The molecule has 0 bridgehead atoms. The van der Waals surface area contributed by atoms with Gasteiger partial charge in [-0.05, 0) is 18.2 Å². The molecule has 0 atom stereocenters. The number of rotatable bonds is 3. The lowest BCUT2D eigenvalue weighted by molar-refractivity contribution is 0.0696. The van der Waals surface area contributed by atoms with Gasteiger partial charge in [0.05, 0.1) is 17.4 Å². The second kappa shape index (κ2) is 4.25. The van der Waals surface area contributed by atoms with E-state index >= 15 is 0 Å². The van der Waals surface area contributed by atoms with Crippen LogP contribution >= 0.6 is 0 Å². The van der Waals surface area contributed by atoms with Crippen LogP contribution in [-0.4, -0.2) is 14.9 Å². The van der Waals surface area contributed by atoms with E-state index in [1.54, 1.807) is 6.20 Å². The summed E-state index contributed by atoms with van der Waals surface area (Å²) in [5.41, 5.74) is 1.81. The molecule has 3 aromatic rings. The lowest BCUT2D eigenvalue weighted by Crippen LogP contribution is -2.12. The highest BCUT2D eigenvalue weighted by atomic mass is 16.7. The maximum atomic E-state index is 5.52. The van der Waals surface area contributed by atoms with Crippen molar-refractivity contribution in [2.45, 2.75) is 6.61 Å². The number of hydrogen-bond donors (Lipinski definition) is 0. The van der Waals surface area contributed by atoms with Crippen LogP contribution in [-0.2, 0) is 6.61 Å². The summed E-state index contributed by atoms with van der Waals surface area (Å²) in [6, 6.07) is 13.6. The minimum atomic E-state index is 0.412. The van der Waals surface area contributed by atoms with Crippen molar-refractivity contribution in [2.24, 2.45) is 0 Å². The van der Waals surface area contributed by atoms with E-state index in [9.17, 15) is 0 Å². The Morgan fingerprint density at radius 3 is 2.76 bits per heavy atom. The van der Waals surface area contributed by atoms with Gasteiger partial charge in [0.15, 0.2) is 6.61 Å². The van der Waals surface area contributed by atoms with E-state index in [1.165, 1.54) is 4.85 Å². The summed E-state index contributed by atoms with van der Waals surface area (Å²) >= 11 is 0. The van der Waals surface area contributed by atoms with Crippen molar-refractivity contribution in [3.05, 3.63) is 60.6 Å². The monoisotopic (exact) mass is 225 g/mol. The molecular weight excluding hydrogens is 214 g/mol. The van der Waals surface area contributed by atoms with Gasteiger partial charge in [0.25, 0.3) is 0 Å². The summed E-state index contributed by atoms with van der Waals surface area (Å²) in [7, 11) is 0. The third kappa shape index (κ3) is 2.10. The van der Waals surface area contributed by atoms with Gasteiger partial charge in [0, 0.05) is 11.6 Å². The Labute approximate surface area is 98.4 Å². The maximum Gasteiger partial charge on any atom is 0.159 e. The van der Waals surface area contributed by atoms with E-state index in [0.717, 1.165) is 16.6 Å². The second-order valence-electron chi connectivity index (χ2n) is 3.68. The average Bonchev–Trinajstić information content (AvgIpc) is 2.80. The predicted molar refractivity (Wildman–Crippen MR) is 64.3 cm³/mol. The zero-order valence-electron chi connectivity index (χ0n) is 9.15. The molecular formula is C13H11N3O. The molecule has 4 heteroatoms. The molecule has 3 rings (SSSR count). The first-order valence-corrected chi connectivity index (χ1v) is 5.39. The molecule has 2 heterocycles. The van der Waals surface area contributed by atoms with E-state index in [0.29, 0.717) is 6.61 Å². The Kier molecular flexibility index (Phi) is 2.46. The Morgan fingerprint density at radius 1 is 1.06 bits per heavy atom. The van der Waals surface area contributed by atoms with E-state index in [2.05, 4.69) is 10.1 Å². The molecule has 0 aliphatic heterocycles. The predicted octanol–water partition coefficient (Wildman–Crippen LogP) is 2.06. The summed E-state index contributed by atoms with van der Waals surface area (Å²) in [5.74, 6) is 0. The largest absolute Gasteiger partial charge is 0.390 e. The summed E-state index contributed by atoms with van der Waals surface area (Å²) < 4.78 is 0. The molecule has 0 aliphatic rings. The highest BCUT2D eigenvalue weighted by molar-refractivity contribution is 5.77. The van der Waals surface area contributed by atoms with Gasteiger partial charge in [-0.3, -0.25) is 4.98 Å². The van der Waals surface area contributed by atoms with E-state index < -0.39 is 0 Å². The Bertz CT molecular complexity index is 586. The number of fused-ring (bicyclic) bond motifs is 1. The van der Waals surface area contributed by atoms with Crippen LogP contribution in [0.3, 0.4) is 0 Å². The van der Waals surface area contributed by atoms with Crippen LogP contribution < -0.4 is 4.84 Å². The number of pyridine rings is 1. The number of hydrogen-bond acceptors (Lipinski definition) is 3. The molecule has 0 fully saturated rings. The quantitative estimate of drug-likeness (QED) is 0.685. The van der Waals surface area contributed by atoms with Crippen LogP contribution in [0.15, 0.2) is 54.9 Å². The number of benzene rings is 1. The Balaban J connectivity index is 1.77. The van der Waals surface area contributed by atoms with E-state index in [1.807, 2.05) is 48.7 Å². The highest BCUT2D eigenvalue weighted by Crippen LogP contribution is 2.10. The second-order valence-corrected chi connectivity index (χ2v) is 3.68. The average molecular weight is 225 g/mol. The van der Waals surface area contributed by atoms with Crippen LogP contribution in [0.1, 0.15) is 5.69 Å². The summed E-state index contributed by atoms with van der Waals surface area (Å²) in [5, 5.41) is 5.36. The van der Waals surface area contributed by atoms with Crippen molar-refractivity contribution in [3.63, 3.8) is 0 Å². The van der Waals surface area contributed by atoms with Crippen LogP contribution in [0, 0.1) is 0 Å². The zero-order valence-corrected chi connectivity index (χ0v) is 9.15. The van der Waals surface area contributed by atoms with Crippen molar-refractivity contribution in [2.75, 3.05) is 0 Å². The Hall–Kier alpha value is -2.36. The summed E-state index contributed by atoms with van der Waals surface area (Å²) in [6.45, 7) is 0.412. The molecule has 0 spiro atoms. The number of nitrogens with zero attached hydrogens (tertiary/aromatic N) is 3. The molecule has 0 aliphatic carbocycles. The van der Waals surface area contributed by atoms with Gasteiger partial charge in [-0.2, -0.15) is 0 Å². The standard InChI is InChI=1S/C13H11N3O/c1-2-7-13-11(5-1)9-16(15-13)17-10-12-6-3-4-8-14-12/h1-9H,10H2. The third-order valence-corrected chi connectivity index (χ3v) is 2.46. The molecule has 0 unspecified atom stereocenters. The van der Waals surface area contributed by atoms with Gasteiger partial charge in [0.1, 0.15) is 0 Å². The third-order valence-electron chi connectivity index (χ3n) is 2.46. The molecule has 0 saturated heterocycles. The first-order valence-electron chi connectivity index (χ1n) is 5.39. The normalized spacial score (nSPS) is 10.6. The SMILES string of the molecule is c1ccc(COn2cc3ccccc3n2)nc1. The van der Waals surface area contributed by atoms with E-state index in [-0.39, 0.29) is 0 Å². The zero-order chi connectivity index (χ0) is 11.5. The molecule has 17 heavy (non-hydrogen) atoms. The molecule has 0 amide bonds.